The van der Waals surface area contributed by atoms with Crippen LogP contribution in [0.2, 0.25) is 4.34 Å². The summed E-state index contributed by atoms with van der Waals surface area (Å²) in [6.45, 7) is 3.09. The van der Waals surface area contributed by atoms with E-state index in [1.807, 2.05) is 95.4 Å². The molecule has 1 fully saturated rings. The van der Waals surface area contributed by atoms with Gasteiger partial charge in [0.1, 0.15) is 5.82 Å². The first-order valence-electron chi connectivity index (χ1n) is 13.1. The van der Waals surface area contributed by atoms with Crippen LogP contribution in [-0.2, 0) is 13.6 Å². The second-order valence-corrected chi connectivity index (χ2v) is 11.4. The zero-order valence-corrected chi connectivity index (χ0v) is 23.6. The lowest BCUT2D eigenvalue weighted by molar-refractivity contribution is 0.0751. The fourth-order valence-corrected chi connectivity index (χ4v) is 6.10. The summed E-state index contributed by atoms with van der Waals surface area (Å²) in [6, 6.07) is 28.9. The summed E-state index contributed by atoms with van der Waals surface area (Å²) >= 11 is 7.33. The van der Waals surface area contributed by atoms with Gasteiger partial charge in [-0.3, -0.25) is 9.59 Å². The molecule has 1 aliphatic rings. The molecule has 0 unspecified atom stereocenters. The lowest BCUT2D eigenvalue weighted by atomic mass is 10.1. The molecule has 1 aliphatic heterocycles. The van der Waals surface area contributed by atoms with Crippen LogP contribution in [0.1, 0.15) is 25.9 Å². The summed E-state index contributed by atoms with van der Waals surface area (Å²) in [5, 5.41) is 0. The summed E-state index contributed by atoms with van der Waals surface area (Å²) < 4.78 is 2.66. The van der Waals surface area contributed by atoms with Crippen LogP contribution in [-0.4, -0.2) is 52.4 Å². The van der Waals surface area contributed by atoms with Gasteiger partial charge in [0, 0.05) is 50.2 Å². The van der Waals surface area contributed by atoms with Gasteiger partial charge in [-0.05, 0) is 60.7 Å². The fourth-order valence-electron chi connectivity index (χ4n) is 5.09. The number of benzene rings is 3. The molecule has 1 saturated heterocycles. The van der Waals surface area contributed by atoms with Crippen molar-refractivity contribution < 1.29 is 9.59 Å². The first-order valence-corrected chi connectivity index (χ1v) is 14.3. The van der Waals surface area contributed by atoms with Crippen molar-refractivity contribution in [2.24, 2.45) is 7.05 Å². The largest absolute Gasteiger partial charge is 0.368 e. The molecule has 9 heteroatoms. The maximum absolute atomic E-state index is 13.7. The Balaban J connectivity index is 1.21. The highest BCUT2D eigenvalue weighted by molar-refractivity contribution is 7.17. The van der Waals surface area contributed by atoms with Crippen molar-refractivity contribution in [3.05, 3.63) is 112 Å². The molecular weight excluding hydrogens is 542 g/mol. The van der Waals surface area contributed by atoms with Crippen molar-refractivity contribution in [1.82, 2.24) is 14.5 Å². The van der Waals surface area contributed by atoms with Crippen LogP contribution in [0.3, 0.4) is 0 Å². The minimum atomic E-state index is -0.0822. The number of aromatic nitrogens is 2. The van der Waals surface area contributed by atoms with E-state index in [4.69, 9.17) is 16.6 Å². The molecule has 7 nitrogen and oxygen atoms in total. The van der Waals surface area contributed by atoms with Crippen LogP contribution in [0.25, 0.3) is 11.0 Å². The number of hydrogen-bond acceptors (Lipinski definition) is 5. The Kier molecular flexibility index (Phi) is 7.28. The average molecular weight is 570 g/mol. The van der Waals surface area contributed by atoms with Gasteiger partial charge in [-0.1, -0.05) is 41.9 Å². The van der Waals surface area contributed by atoms with Gasteiger partial charge in [0.25, 0.3) is 11.8 Å². The Labute approximate surface area is 241 Å². The molecule has 0 atom stereocenters. The molecule has 2 aromatic heterocycles. The van der Waals surface area contributed by atoms with E-state index in [9.17, 15) is 9.59 Å². The van der Waals surface area contributed by atoms with Crippen molar-refractivity contribution in [2.75, 3.05) is 36.0 Å². The number of amides is 2. The predicted octanol–water partition coefficient (Wildman–Crippen LogP) is 6.10. The molecule has 5 aromatic rings. The number of fused-ring (bicyclic) bond motifs is 1. The summed E-state index contributed by atoms with van der Waals surface area (Å²) in [5.41, 5.74) is 4.41. The quantitative estimate of drug-likeness (QED) is 0.248. The highest BCUT2D eigenvalue weighted by Crippen LogP contribution is 2.27. The molecule has 202 valence electrons. The van der Waals surface area contributed by atoms with Gasteiger partial charge in [-0.2, -0.15) is 0 Å². The number of thiophene rings is 1. The predicted molar refractivity (Wildman–Crippen MR) is 162 cm³/mol. The Bertz CT molecular complexity index is 1660. The Hall–Kier alpha value is -4.14. The van der Waals surface area contributed by atoms with E-state index in [2.05, 4.69) is 4.90 Å². The summed E-state index contributed by atoms with van der Waals surface area (Å²) in [5.74, 6) is 0.757. The van der Waals surface area contributed by atoms with Crippen LogP contribution in [0.4, 0.5) is 11.4 Å². The third kappa shape index (κ3) is 5.20. The number of aryl methyl sites for hydroxylation is 1. The molecule has 0 bridgehead atoms. The van der Waals surface area contributed by atoms with Gasteiger partial charge < -0.3 is 19.3 Å². The van der Waals surface area contributed by atoms with E-state index in [-0.39, 0.29) is 11.8 Å². The maximum atomic E-state index is 13.7. The molecule has 0 aliphatic carbocycles. The van der Waals surface area contributed by atoms with Gasteiger partial charge in [0.05, 0.1) is 26.8 Å². The van der Waals surface area contributed by atoms with E-state index in [0.717, 1.165) is 41.3 Å². The normalized spacial score (nSPS) is 13.6. The topological polar surface area (TPSA) is 61.7 Å². The first kappa shape index (κ1) is 26.1. The summed E-state index contributed by atoms with van der Waals surface area (Å²) in [6.07, 6.45) is 0. The molecule has 40 heavy (non-hydrogen) atoms. The van der Waals surface area contributed by atoms with E-state index in [1.165, 1.54) is 11.3 Å². The molecule has 0 spiro atoms. The molecular formula is C31H28ClN5O2S. The minimum absolute atomic E-state index is 0.0314. The molecule has 0 N–H and O–H groups in total. The Morgan fingerprint density at radius 3 is 2.25 bits per heavy atom. The number of imidazole rings is 1. The Morgan fingerprint density at radius 1 is 0.875 bits per heavy atom. The number of nitrogens with zero attached hydrogens (tertiary/aromatic N) is 5. The zero-order chi connectivity index (χ0) is 27.6. The van der Waals surface area contributed by atoms with Gasteiger partial charge in [0.15, 0.2) is 0 Å². The molecule has 2 amide bonds. The van der Waals surface area contributed by atoms with Crippen molar-refractivity contribution in [3.8, 4) is 0 Å². The van der Waals surface area contributed by atoms with E-state index in [0.29, 0.717) is 34.4 Å². The Morgan fingerprint density at radius 2 is 1.57 bits per heavy atom. The van der Waals surface area contributed by atoms with Crippen molar-refractivity contribution >= 4 is 57.2 Å². The summed E-state index contributed by atoms with van der Waals surface area (Å²) in [4.78, 5) is 37.9. The third-order valence-corrected chi connectivity index (χ3v) is 8.54. The van der Waals surface area contributed by atoms with E-state index in [1.54, 1.807) is 17.0 Å². The highest BCUT2D eigenvalue weighted by Gasteiger charge is 2.25. The molecule has 0 radical (unpaired) electrons. The molecule has 6 rings (SSSR count). The number of rotatable bonds is 6. The van der Waals surface area contributed by atoms with Crippen LogP contribution < -0.4 is 9.80 Å². The zero-order valence-electron chi connectivity index (χ0n) is 22.0. The lowest BCUT2D eigenvalue weighted by Gasteiger charge is -2.36. The number of halogens is 1. The van der Waals surface area contributed by atoms with Crippen molar-refractivity contribution in [2.45, 2.75) is 6.54 Å². The van der Waals surface area contributed by atoms with Gasteiger partial charge in [-0.25, -0.2) is 4.98 Å². The summed E-state index contributed by atoms with van der Waals surface area (Å²) in [7, 11) is 1.98. The van der Waals surface area contributed by atoms with Crippen LogP contribution in [0.15, 0.2) is 91.0 Å². The fraction of sp³-hybridized carbons (Fsp3) is 0.194. The van der Waals surface area contributed by atoms with Crippen molar-refractivity contribution in [1.29, 1.82) is 0 Å². The maximum Gasteiger partial charge on any atom is 0.264 e. The van der Waals surface area contributed by atoms with E-state index < -0.39 is 0 Å². The highest BCUT2D eigenvalue weighted by atomic mass is 35.5. The van der Waals surface area contributed by atoms with E-state index >= 15 is 0 Å². The monoisotopic (exact) mass is 569 g/mol. The number of carbonyl (C=O) groups is 2. The number of carbonyl (C=O) groups excluding carboxylic acids is 2. The lowest BCUT2D eigenvalue weighted by Crippen LogP contribution is -2.48. The van der Waals surface area contributed by atoms with Crippen molar-refractivity contribution in [3.63, 3.8) is 0 Å². The second kappa shape index (κ2) is 11.2. The molecule has 3 aromatic carbocycles. The van der Waals surface area contributed by atoms with Crippen LogP contribution in [0, 0.1) is 0 Å². The average Bonchev–Trinajstić information content (AvgIpc) is 3.58. The third-order valence-electron chi connectivity index (χ3n) is 7.32. The standard InChI is InChI=1S/C31H28ClN5O2S/c1-34-26-10-6-5-9-25(26)33-29(34)21-37(30(38)22-7-3-2-4-8-22)24-13-11-23(12-14-24)35-17-19-36(20-18-35)31(39)27-15-16-28(32)40-27/h2-16H,17-21H2,1H3. The molecule has 0 saturated carbocycles. The number of para-hydroxylation sites is 2. The number of anilines is 2. The number of piperazine rings is 1. The molecule has 3 heterocycles. The van der Waals surface area contributed by atoms with Gasteiger partial charge in [-0.15, -0.1) is 11.3 Å². The number of hydrogen-bond donors (Lipinski definition) is 0. The van der Waals surface area contributed by atoms with Crippen LogP contribution in [0.5, 0.6) is 0 Å². The minimum Gasteiger partial charge on any atom is -0.368 e. The SMILES string of the molecule is Cn1c(CN(C(=O)c2ccccc2)c2ccc(N3CCN(C(=O)c4ccc(Cl)s4)CC3)cc2)nc2ccccc21. The van der Waals surface area contributed by atoms with Gasteiger partial charge in [0.2, 0.25) is 0 Å². The smallest absolute Gasteiger partial charge is 0.264 e. The van der Waals surface area contributed by atoms with Crippen LogP contribution >= 0.6 is 22.9 Å². The second-order valence-electron chi connectivity index (χ2n) is 9.73. The van der Waals surface area contributed by atoms with Gasteiger partial charge >= 0.3 is 0 Å². The first-order chi connectivity index (χ1) is 19.5.